The number of rotatable bonds is 4. The summed E-state index contributed by atoms with van der Waals surface area (Å²) in [5, 5.41) is 0.477. The van der Waals surface area contributed by atoms with E-state index in [0.717, 1.165) is 18.7 Å². The molecule has 1 aromatic heterocycles. The zero-order valence-corrected chi connectivity index (χ0v) is 12.2. The van der Waals surface area contributed by atoms with E-state index in [1.807, 2.05) is 0 Å². The highest BCUT2D eigenvalue weighted by molar-refractivity contribution is 6.37. The van der Waals surface area contributed by atoms with Gasteiger partial charge in [0.15, 0.2) is 11.5 Å². The molecule has 0 unspecified atom stereocenters. The van der Waals surface area contributed by atoms with Gasteiger partial charge in [0, 0.05) is 5.92 Å². The zero-order chi connectivity index (χ0) is 14.8. The maximum Gasteiger partial charge on any atom is 0.240 e. The number of aromatic nitrogens is 2. The Hall–Kier alpha value is -1.94. The van der Waals surface area contributed by atoms with Gasteiger partial charge in [-0.2, -0.15) is 4.99 Å². The first-order valence-electron chi connectivity index (χ1n) is 6.24. The predicted molar refractivity (Wildman–Crippen MR) is 78.3 cm³/mol. The highest BCUT2D eigenvalue weighted by Crippen LogP contribution is 2.40. The molecular weight excluding hydrogens is 313 g/mol. The number of carbonyl (C=O) groups excluding carboxylic acids is 1. The van der Waals surface area contributed by atoms with Crippen LogP contribution in [0.5, 0.6) is 11.5 Å². The van der Waals surface area contributed by atoms with Gasteiger partial charge in [-0.15, -0.1) is 0 Å². The van der Waals surface area contributed by atoms with E-state index in [-0.39, 0.29) is 15.8 Å². The number of nitrogens with zero attached hydrogens (tertiary/aromatic N) is 3. The van der Waals surface area contributed by atoms with Crippen LogP contribution in [-0.4, -0.2) is 16.0 Å². The van der Waals surface area contributed by atoms with E-state index >= 15 is 0 Å². The van der Waals surface area contributed by atoms with E-state index < -0.39 is 0 Å². The fraction of sp³-hybridized carbons (Fsp3) is 0.214. The smallest absolute Gasteiger partial charge is 0.240 e. The number of halogens is 2. The fourth-order valence-corrected chi connectivity index (χ4v) is 2.36. The normalized spacial score (nSPS) is 13.6. The van der Waals surface area contributed by atoms with Gasteiger partial charge in [0.1, 0.15) is 5.82 Å². The van der Waals surface area contributed by atoms with Crippen molar-refractivity contribution in [3.63, 3.8) is 0 Å². The molecular formula is C14H9Cl2N3O2. The van der Waals surface area contributed by atoms with Crippen molar-refractivity contribution in [1.82, 2.24) is 9.97 Å². The molecule has 1 aromatic carbocycles. The average molecular weight is 322 g/mol. The van der Waals surface area contributed by atoms with Crippen LogP contribution in [0.4, 0.5) is 5.69 Å². The van der Waals surface area contributed by atoms with Crippen molar-refractivity contribution >= 4 is 35.0 Å². The predicted octanol–water partition coefficient (Wildman–Crippen LogP) is 4.42. The maximum absolute atomic E-state index is 10.2. The summed E-state index contributed by atoms with van der Waals surface area (Å²) in [7, 11) is 0. The van der Waals surface area contributed by atoms with Crippen LogP contribution in [0.3, 0.4) is 0 Å². The van der Waals surface area contributed by atoms with Gasteiger partial charge in [-0.05, 0) is 25.0 Å². The van der Waals surface area contributed by atoms with Gasteiger partial charge in [0.2, 0.25) is 6.08 Å². The number of hydrogen-bond donors (Lipinski definition) is 0. The van der Waals surface area contributed by atoms with E-state index in [1.165, 1.54) is 18.2 Å². The standard InChI is InChI=1S/C14H9Cl2N3O2/c15-11-3-9(19-7-20)4-12(16)13(11)21-10-5-17-14(18-6-10)8-1-2-8/h3-6,8H,1-2H2. The van der Waals surface area contributed by atoms with Crippen molar-refractivity contribution in [3.05, 3.63) is 40.4 Å². The molecule has 0 atom stereocenters. The Morgan fingerprint density at radius 2 is 1.81 bits per heavy atom. The van der Waals surface area contributed by atoms with Crippen molar-refractivity contribution in [2.75, 3.05) is 0 Å². The Kier molecular flexibility index (Phi) is 3.88. The lowest BCUT2D eigenvalue weighted by atomic mass is 10.3. The molecule has 1 saturated carbocycles. The molecule has 2 aromatic rings. The Morgan fingerprint density at radius 3 is 2.33 bits per heavy atom. The third-order valence-corrected chi connectivity index (χ3v) is 3.53. The minimum Gasteiger partial charge on any atom is -0.451 e. The Balaban J connectivity index is 1.84. The molecule has 106 valence electrons. The van der Waals surface area contributed by atoms with E-state index in [4.69, 9.17) is 27.9 Å². The van der Waals surface area contributed by atoms with Gasteiger partial charge in [-0.1, -0.05) is 23.2 Å². The Morgan fingerprint density at radius 1 is 1.19 bits per heavy atom. The second kappa shape index (κ2) is 5.82. The zero-order valence-electron chi connectivity index (χ0n) is 10.7. The third-order valence-electron chi connectivity index (χ3n) is 2.97. The highest BCUT2D eigenvalue weighted by atomic mass is 35.5. The largest absolute Gasteiger partial charge is 0.451 e. The van der Waals surface area contributed by atoms with Crippen LogP contribution in [0.15, 0.2) is 29.5 Å². The Bertz CT molecular complexity index is 700. The molecule has 1 aliphatic carbocycles. The van der Waals surface area contributed by atoms with Crippen LogP contribution in [0.2, 0.25) is 10.0 Å². The summed E-state index contributed by atoms with van der Waals surface area (Å²) in [5.41, 5.74) is 0.313. The molecule has 21 heavy (non-hydrogen) atoms. The topological polar surface area (TPSA) is 64.4 Å². The lowest BCUT2D eigenvalue weighted by Gasteiger charge is -2.09. The molecule has 0 radical (unpaired) electrons. The van der Waals surface area contributed by atoms with Crippen LogP contribution >= 0.6 is 23.2 Å². The van der Waals surface area contributed by atoms with Gasteiger partial charge >= 0.3 is 0 Å². The highest BCUT2D eigenvalue weighted by Gasteiger charge is 2.26. The van der Waals surface area contributed by atoms with Gasteiger partial charge in [-0.3, -0.25) is 0 Å². The number of ether oxygens (including phenoxy) is 1. The molecule has 0 bridgehead atoms. The summed E-state index contributed by atoms with van der Waals surface area (Å²) >= 11 is 12.1. The molecule has 5 nitrogen and oxygen atoms in total. The maximum atomic E-state index is 10.2. The summed E-state index contributed by atoms with van der Waals surface area (Å²) < 4.78 is 5.60. The molecule has 1 fully saturated rings. The molecule has 0 saturated heterocycles. The van der Waals surface area contributed by atoms with Gasteiger partial charge in [0.25, 0.3) is 0 Å². The number of hydrogen-bond acceptors (Lipinski definition) is 5. The van der Waals surface area contributed by atoms with Gasteiger partial charge in [-0.25, -0.2) is 14.8 Å². The molecule has 7 heteroatoms. The number of aliphatic imine (C=N–C) groups is 1. The number of benzene rings is 1. The van der Waals surface area contributed by atoms with Gasteiger partial charge in [0.05, 0.1) is 28.1 Å². The van der Waals surface area contributed by atoms with Crippen molar-refractivity contribution in [2.45, 2.75) is 18.8 Å². The number of isocyanates is 1. The Labute approximate surface area is 130 Å². The quantitative estimate of drug-likeness (QED) is 0.617. The second-order valence-corrected chi connectivity index (χ2v) is 5.41. The molecule has 0 spiro atoms. The molecule has 0 N–H and O–H groups in total. The van der Waals surface area contributed by atoms with Crippen molar-refractivity contribution in [2.24, 2.45) is 4.99 Å². The summed E-state index contributed by atoms with van der Waals surface area (Å²) in [4.78, 5) is 22.2. The van der Waals surface area contributed by atoms with Crippen molar-refractivity contribution in [3.8, 4) is 11.5 Å². The van der Waals surface area contributed by atoms with Gasteiger partial charge < -0.3 is 4.74 Å². The van der Waals surface area contributed by atoms with E-state index in [1.54, 1.807) is 12.4 Å². The van der Waals surface area contributed by atoms with Crippen LogP contribution in [-0.2, 0) is 4.79 Å². The monoisotopic (exact) mass is 321 g/mol. The average Bonchev–Trinajstić information content (AvgIpc) is 3.29. The van der Waals surface area contributed by atoms with Crippen LogP contribution in [0, 0.1) is 0 Å². The minimum atomic E-state index is 0.239. The first-order chi connectivity index (χ1) is 10.2. The third kappa shape index (κ3) is 3.22. The summed E-state index contributed by atoms with van der Waals surface area (Å²) in [6.45, 7) is 0. The molecule has 3 rings (SSSR count). The SMILES string of the molecule is O=C=Nc1cc(Cl)c(Oc2cnc(C3CC3)nc2)c(Cl)c1. The summed E-state index contributed by atoms with van der Waals surface area (Å²) in [6, 6.07) is 2.93. The molecule has 0 aliphatic heterocycles. The van der Waals surface area contributed by atoms with E-state index in [9.17, 15) is 4.79 Å². The first kappa shape index (κ1) is 14.0. The van der Waals surface area contributed by atoms with E-state index in [0.29, 0.717) is 17.4 Å². The minimum absolute atomic E-state index is 0.239. The lowest BCUT2D eigenvalue weighted by Crippen LogP contribution is -1.94. The summed E-state index contributed by atoms with van der Waals surface area (Å²) in [6.07, 6.45) is 6.87. The fourth-order valence-electron chi connectivity index (χ4n) is 1.81. The van der Waals surface area contributed by atoms with Crippen molar-refractivity contribution < 1.29 is 9.53 Å². The molecule has 0 amide bonds. The first-order valence-corrected chi connectivity index (χ1v) is 6.99. The second-order valence-electron chi connectivity index (χ2n) is 4.59. The van der Waals surface area contributed by atoms with E-state index in [2.05, 4.69) is 15.0 Å². The van der Waals surface area contributed by atoms with Crippen molar-refractivity contribution in [1.29, 1.82) is 0 Å². The van der Waals surface area contributed by atoms with Crippen LogP contribution in [0.25, 0.3) is 0 Å². The van der Waals surface area contributed by atoms with Crippen LogP contribution in [0.1, 0.15) is 24.6 Å². The van der Waals surface area contributed by atoms with Crippen LogP contribution < -0.4 is 4.74 Å². The summed E-state index contributed by atoms with van der Waals surface area (Å²) in [5.74, 6) is 2.02. The molecule has 1 heterocycles. The molecule has 1 aliphatic rings. The lowest BCUT2D eigenvalue weighted by molar-refractivity contribution is 0.477.